The topological polar surface area (TPSA) is 123 Å². The molecule has 0 unspecified atom stereocenters. The fourth-order valence-corrected chi connectivity index (χ4v) is 2.37. The van der Waals surface area contributed by atoms with Crippen molar-refractivity contribution >= 4 is 30.2 Å². The van der Waals surface area contributed by atoms with Crippen LogP contribution in [0, 0.1) is 5.92 Å². The third-order valence-electron chi connectivity index (χ3n) is 3.49. The minimum Gasteiger partial charge on any atom is -0.469 e. The number of halogens is 1. The number of ether oxygens (including phenoxy) is 1. The molecule has 21 heavy (non-hydrogen) atoms. The molecule has 1 aromatic heterocycles. The summed E-state index contributed by atoms with van der Waals surface area (Å²) in [4.78, 5) is 26.9. The number of esters is 1. The van der Waals surface area contributed by atoms with Crippen LogP contribution in [-0.2, 0) is 20.7 Å². The van der Waals surface area contributed by atoms with Crippen molar-refractivity contribution in [1.82, 2.24) is 15.2 Å². The van der Waals surface area contributed by atoms with Gasteiger partial charge >= 0.3 is 5.97 Å². The Morgan fingerprint density at radius 3 is 2.86 bits per heavy atom. The van der Waals surface area contributed by atoms with Gasteiger partial charge in [0.1, 0.15) is 12.2 Å². The predicted molar refractivity (Wildman–Crippen MR) is 77.9 cm³/mol. The van der Waals surface area contributed by atoms with Crippen molar-refractivity contribution in [3.8, 4) is 0 Å². The van der Waals surface area contributed by atoms with Crippen molar-refractivity contribution < 1.29 is 14.3 Å². The number of carbonyl (C=O) groups is 2. The van der Waals surface area contributed by atoms with Crippen LogP contribution in [0.4, 0.5) is 5.95 Å². The van der Waals surface area contributed by atoms with Crippen LogP contribution in [-0.4, -0.2) is 40.2 Å². The van der Waals surface area contributed by atoms with E-state index < -0.39 is 5.97 Å². The van der Waals surface area contributed by atoms with E-state index in [2.05, 4.69) is 25.2 Å². The molecule has 1 heterocycles. The molecular weight excluding hydrogens is 298 g/mol. The SMILES string of the molecule is COC(=O)Cc1nc(NC(=O)C[C@@H]2CCC[C@H]2N)n[nH]1.Cl. The van der Waals surface area contributed by atoms with Gasteiger partial charge in [-0.1, -0.05) is 6.42 Å². The maximum absolute atomic E-state index is 11.8. The molecule has 1 aromatic rings. The van der Waals surface area contributed by atoms with Crippen molar-refractivity contribution in [2.75, 3.05) is 12.4 Å². The number of nitrogens with zero attached hydrogens (tertiary/aromatic N) is 2. The van der Waals surface area contributed by atoms with Gasteiger partial charge in [0.2, 0.25) is 11.9 Å². The Hall–Kier alpha value is -1.67. The van der Waals surface area contributed by atoms with E-state index in [1.54, 1.807) is 0 Å². The Balaban J connectivity index is 0.00000220. The molecule has 9 heteroatoms. The first-order valence-corrected chi connectivity index (χ1v) is 6.62. The summed E-state index contributed by atoms with van der Waals surface area (Å²) in [6.07, 6.45) is 3.40. The number of hydrogen-bond acceptors (Lipinski definition) is 6. The molecule has 0 saturated heterocycles. The van der Waals surface area contributed by atoms with Gasteiger partial charge in [0.05, 0.1) is 7.11 Å². The molecule has 0 spiro atoms. The zero-order chi connectivity index (χ0) is 14.5. The number of nitrogens with two attached hydrogens (primary N) is 1. The molecular formula is C12H20ClN5O3. The van der Waals surface area contributed by atoms with Crippen LogP contribution < -0.4 is 11.1 Å². The summed E-state index contributed by atoms with van der Waals surface area (Å²) < 4.78 is 4.52. The summed E-state index contributed by atoms with van der Waals surface area (Å²) in [5.41, 5.74) is 5.93. The Bertz CT molecular complexity index is 493. The molecule has 1 fully saturated rings. The Morgan fingerprint density at radius 2 is 2.24 bits per heavy atom. The molecule has 0 aromatic carbocycles. The lowest BCUT2D eigenvalue weighted by molar-refractivity contribution is -0.139. The van der Waals surface area contributed by atoms with Gasteiger partial charge in [0.25, 0.3) is 0 Å². The van der Waals surface area contributed by atoms with Crippen LogP contribution in [0.5, 0.6) is 0 Å². The smallest absolute Gasteiger partial charge is 0.313 e. The van der Waals surface area contributed by atoms with Crippen LogP contribution in [0.3, 0.4) is 0 Å². The summed E-state index contributed by atoms with van der Waals surface area (Å²) in [5.74, 6) is 0.167. The highest BCUT2D eigenvalue weighted by Gasteiger charge is 2.26. The van der Waals surface area contributed by atoms with E-state index in [-0.39, 0.29) is 42.6 Å². The maximum atomic E-state index is 11.8. The van der Waals surface area contributed by atoms with Crippen molar-refractivity contribution in [2.45, 2.75) is 38.1 Å². The van der Waals surface area contributed by atoms with Gasteiger partial charge < -0.3 is 10.5 Å². The number of nitrogens with one attached hydrogen (secondary N) is 2. The molecule has 0 aliphatic heterocycles. The highest BCUT2D eigenvalue weighted by molar-refractivity contribution is 5.89. The number of anilines is 1. The molecule has 4 N–H and O–H groups in total. The summed E-state index contributed by atoms with van der Waals surface area (Å²) in [6.45, 7) is 0. The molecule has 2 rings (SSSR count). The lowest BCUT2D eigenvalue weighted by atomic mass is 10.00. The highest BCUT2D eigenvalue weighted by atomic mass is 35.5. The zero-order valence-electron chi connectivity index (χ0n) is 11.8. The average Bonchev–Trinajstić information content (AvgIpc) is 3.00. The highest BCUT2D eigenvalue weighted by Crippen LogP contribution is 2.26. The first-order valence-electron chi connectivity index (χ1n) is 6.62. The number of carbonyl (C=O) groups excluding carboxylic acids is 2. The van der Waals surface area contributed by atoms with Gasteiger partial charge in [0.15, 0.2) is 0 Å². The van der Waals surface area contributed by atoms with Gasteiger partial charge in [-0.15, -0.1) is 17.5 Å². The second-order valence-corrected chi connectivity index (χ2v) is 4.97. The molecule has 8 nitrogen and oxygen atoms in total. The predicted octanol–water partition coefficient (Wildman–Crippen LogP) is 0.398. The molecule has 1 aliphatic rings. The number of amides is 1. The van der Waals surface area contributed by atoms with E-state index in [1.807, 2.05) is 0 Å². The van der Waals surface area contributed by atoms with E-state index in [0.29, 0.717) is 12.2 Å². The largest absolute Gasteiger partial charge is 0.469 e. The lowest BCUT2D eigenvalue weighted by Crippen LogP contribution is -2.28. The van der Waals surface area contributed by atoms with Gasteiger partial charge in [0, 0.05) is 12.5 Å². The van der Waals surface area contributed by atoms with Crippen LogP contribution in [0.1, 0.15) is 31.5 Å². The number of aromatic amines is 1. The van der Waals surface area contributed by atoms with Crippen LogP contribution in [0.15, 0.2) is 0 Å². The maximum Gasteiger partial charge on any atom is 0.313 e. The van der Waals surface area contributed by atoms with Crippen LogP contribution in [0.25, 0.3) is 0 Å². The van der Waals surface area contributed by atoms with Gasteiger partial charge in [-0.2, -0.15) is 4.98 Å². The van der Waals surface area contributed by atoms with Crippen molar-refractivity contribution in [1.29, 1.82) is 0 Å². The van der Waals surface area contributed by atoms with Crippen LogP contribution >= 0.6 is 12.4 Å². The fraction of sp³-hybridized carbons (Fsp3) is 0.667. The van der Waals surface area contributed by atoms with E-state index in [4.69, 9.17) is 5.73 Å². The van der Waals surface area contributed by atoms with Gasteiger partial charge in [-0.3, -0.25) is 20.0 Å². The standard InChI is InChI=1S/C12H19N5O3.ClH/c1-20-11(19)6-9-14-12(17-16-9)15-10(18)5-7-3-2-4-8(7)13;/h7-8H,2-6,13H2,1H3,(H2,14,15,16,17,18);1H/t7-,8+;/m0./s1. The second-order valence-electron chi connectivity index (χ2n) is 4.97. The quantitative estimate of drug-likeness (QED) is 0.675. The van der Waals surface area contributed by atoms with Crippen molar-refractivity contribution in [3.05, 3.63) is 5.82 Å². The number of methoxy groups -OCH3 is 1. The van der Waals surface area contributed by atoms with Crippen LogP contribution in [0.2, 0.25) is 0 Å². The Kier molecular flexibility index (Phi) is 6.57. The molecule has 2 atom stereocenters. The Labute approximate surface area is 128 Å². The minimum atomic E-state index is -0.420. The third-order valence-corrected chi connectivity index (χ3v) is 3.49. The van der Waals surface area contributed by atoms with E-state index in [9.17, 15) is 9.59 Å². The summed E-state index contributed by atoms with van der Waals surface area (Å²) >= 11 is 0. The van der Waals surface area contributed by atoms with E-state index >= 15 is 0 Å². The summed E-state index contributed by atoms with van der Waals surface area (Å²) in [6, 6.07) is 0.0998. The monoisotopic (exact) mass is 317 g/mol. The number of H-pyrrole nitrogens is 1. The minimum absolute atomic E-state index is 0. The first-order chi connectivity index (χ1) is 9.58. The molecule has 0 radical (unpaired) electrons. The number of hydrogen-bond donors (Lipinski definition) is 3. The molecule has 1 amide bonds. The molecule has 0 bridgehead atoms. The van der Waals surface area contributed by atoms with E-state index in [1.165, 1.54) is 7.11 Å². The zero-order valence-corrected chi connectivity index (χ0v) is 12.6. The molecule has 1 aliphatic carbocycles. The second kappa shape index (κ2) is 7.94. The van der Waals surface area contributed by atoms with Crippen molar-refractivity contribution in [3.63, 3.8) is 0 Å². The van der Waals surface area contributed by atoms with Gasteiger partial charge in [-0.25, -0.2) is 0 Å². The fourth-order valence-electron chi connectivity index (χ4n) is 2.37. The average molecular weight is 318 g/mol. The van der Waals surface area contributed by atoms with Crippen molar-refractivity contribution in [2.24, 2.45) is 11.7 Å². The summed E-state index contributed by atoms with van der Waals surface area (Å²) in [7, 11) is 1.30. The third kappa shape index (κ3) is 4.98. The molecule has 118 valence electrons. The number of aromatic nitrogens is 3. The molecule has 1 saturated carbocycles. The van der Waals surface area contributed by atoms with E-state index in [0.717, 1.165) is 19.3 Å². The number of rotatable bonds is 5. The summed E-state index contributed by atoms with van der Waals surface area (Å²) in [5, 5.41) is 9.01. The normalized spacial score (nSPS) is 20.7. The first kappa shape index (κ1) is 17.4. The Morgan fingerprint density at radius 1 is 1.48 bits per heavy atom. The lowest BCUT2D eigenvalue weighted by Gasteiger charge is -2.13. The van der Waals surface area contributed by atoms with Gasteiger partial charge in [-0.05, 0) is 18.8 Å².